The van der Waals surface area contributed by atoms with E-state index in [0.29, 0.717) is 6.42 Å². The number of hydrogen-bond acceptors (Lipinski definition) is 2. The molecule has 16 heavy (non-hydrogen) atoms. The maximum atomic E-state index is 5.21. The Morgan fingerprint density at radius 1 is 1.44 bits per heavy atom. The van der Waals surface area contributed by atoms with Gasteiger partial charge in [0, 0.05) is 29.0 Å². The van der Waals surface area contributed by atoms with Crippen LogP contribution in [0.3, 0.4) is 0 Å². The third-order valence-corrected chi connectivity index (χ3v) is 2.70. The summed E-state index contributed by atoms with van der Waals surface area (Å²) in [5.41, 5.74) is 2.00. The van der Waals surface area contributed by atoms with Gasteiger partial charge in [-0.3, -0.25) is 4.98 Å². The molecule has 0 unspecified atom stereocenters. The topological polar surface area (TPSA) is 24.9 Å². The molecular formula is C13H11BrN2. The van der Waals surface area contributed by atoms with Gasteiger partial charge in [0.25, 0.3) is 0 Å². The van der Waals surface area contributed by atoms with E-state index >= 15 is 0 Å². The Bertz CT molecular complexity index is 543. The van der Waals surface area contributed by atoms with Crippen LogP contribution in [0, 0.1) is 12.3 Å². The molecule has 1 heterocycles. The van der Waals surface area contributed by atoms with Crippen LogP contribution in [0.2, 0.25) is 0 Å². The molecule has 0 radical (unpaired) electrons. The average Bonchev–Trinajstić information content (AvgIpc) is 2.29. The van der Waals surface area contributed by atoms with E-state index in [1.54, 1.807) is 6.20 Å². The number of nitrogens with zero attached hydrogens (tertiary/aromatic N) is 1. The number of aromatic nitrogens is 1. The van der Waals surface area contributed by atoms with Crippen molar-refractivity contribution in [2.45, 2.75) is 6.42 Å². The lowest BCUT2D eigenvalue weighted by Crippen LogP contribution is -2.01. The van der Waals surface area contributed by atoms with Crippen molar-refractivity contribution in [3.05, 3.63) is 34.9 Å². The van der Waals surface area contributed by atoms with Gasteiger partial charge in [-0.2, -0.15) is 0 Å². The van der Waals surface area contributed by atoms with E-state index in [2.05, 4.69) is 38.2 Å². The van der Waals surface area contributed by atoms with Crippen molar-refractivity contribution in [3.8, 4) is 12.3 Å². The predicted octanol–water partition coefficient (Wildman–Crippen LogP) is 3.43. The molecule has 1 N–H and O–H groups in total. The first-order valence-electron chi connectivity index (χ1n) is 5.03. The van der Waals surface area contributed by atoms with Crippen molar-refractivity contribution in [1.29, 1.82) is 0 Å². The molecule has 0 bridgehead atoms. The lowest BCUT2D eigenvalue weighted by Gasteiger charge is -2.07. The summed E-state index contributed by atoms with van der Waals surface area (Å²) in [6.07, 6.45) is 7.73. The van der Waals surface area contributed by atoms with Crippen LogP contribution in [0.4, 0.5) is 5.69 Å². The molecule has 0 saturated heterocycles. The molecule has 0 atom stereocenters. The van der Waals surface area contributed by atoms with Gasteiger partial charge < -0.3 is 5.32 Å². The number of pyridine rings is 1. The smallest absolute Gasteiger partial charge is 0.0934 e. The zero-order valence-electron chi connectivity index (χ0n) is 8.70. The number of fused-ring (bicyclic) bond motifs is 1. The van der Waals surface area contributed by atoms with Crippen molar-refractivity contribution in [1.82, 2.24) is 4.98 Å². The largest absolute Gasteiger partial charge is 0.382 e. The molecule has 2 nitrogen and oxygen atoms in total. The first kappa shape index (κ1) is 11.0. The average molecular weight is 275 g/mol. The normalized spacial score (nSPS) is 10.0. The van der Waals surface area contributed by atoms with Gasteiger partial charge in [0.1, 0.15) is 0 Å². The van der Waals surface area contributed by atoms with Crippen LogP contribution in [0.5, 0.6) is 0 Å². The first-order valence-corrected chi connectivity index (χ1v) is 5.82. The summed E-state index contributed by atoms with van der Waals surface area (Å²) >= 11 is 3.41. The Hall–Kier alpha value is -1.53. The lowest BCUT2D eigenvalue weighted by atomic mass is 10.2. The summed E-state index contributed by atoms with van der Waals surface area (Å²) in [4.78, 5) is 4.40. The number of para-hydroxylation sites is 1. The fourth-order valence-electron chi connectivity index (χ4n) is 1.55. The third kappa shape index (κ3) is 2.34. The maximum Gasteiger partial charge on any atom is 0.0934 e. The molecule has 2 aromatic rings. The Kier molecular flexibility index (Phi) is 3.43. The van der Waals surface area contributed by atoms with E-state index in [0.717, 1.165) is 27.6 Å². The highest BCUT2D eigenvalue weighted by Crippen LogP contribution is 2.23. The third-order valence-electron chi connectivity index (χ3n) is 2.26. The molecule has 2 rings (SSSR count). The molecule has 1 aromatic heterocycles. The summed E-state index contributed by atoms with van der Waals surface area (Å²) in [6.45, 7) is 0.771. The Balaban J connectivity index is 2.35. The van der Waals surface area contributed by atoms with Crippen molar-refractivity contribution in [3.63, 3.8) is 0 Å². The molecule has 0 aliphatic heterocycles. The predicted molar refractivity (Wildman–Crippen MR) is 71.4 cm³/mol. The highest BCUT2D eigenvalue weighted by Gasteiger charge is 2.01. The molecule has 0 fully saturated rings. The van der Waals surface area contributed by atoms with Crippen LogP contribution in [0.1, 0.15) is 6.42 Å². The molecule has 80 valence electrons. The fourth-order valence-corrected chi connectivity index (χ4v) is 1.89. The van der Waals surface area contributed by atoms with Gasteiger partial charge >= 0.3 is 0 Å². The van der Waals surface area contributed by atoms with Crippen LogP contribution >= 0.6 is 15.9 Å². The van der Waals surface area contributed by atoms with Gasteiger partial charge in [-0.15, -0.1) is 12.3 Å². The van der Waals surface area contributed by atoms with Gasteiger partial charge in [-0.25, -0.2) is 0 Å². The van der Waals surface area contributed by atoms with E-state index in [1.165, 1.54) is 0 Å². The number of nitrogens with one attached hydrogen (secondary N) is 1. The van der Waals surface area contributed by atoms with Crippen molar-refractivity contribution in [2.24, 2.45) is 0 Å². The molecule has 0 aliphatic rings. The van der Waals surface area contributed by atoms with Crippen molar-refractivity contribution >= 4 is 32.5 Å². The minimum atomic E-state index is 0.715. The van der Waals surface area contributed by atoms with Gasteiger partial charge in [-0.05, 0) is 28.1 Å². The molecular weight excluding hydrogens is 264 g/mol. The Labute approximate surface area is 103 Å². The van der Waals surface area contributed by atoms with Crippen LogP contribution in [-0.4, -0.2) is 11.5 Å². The summed E-state index contributed by atoms with van der Waals surface area (Å²) in [5, 5.41) is 4.40. The summed E-state index contributed by atoms with van der Waals surface area (Å²) in [7, 11) is 0. The lowest BCUT2D eigenvalue weighted by molar-refractivity contribution is 1.10. The Morgan fingerprint density at radius 2 is 2.31 bits per heavy atom. The fraction of sp³-hybridized carbons (Fsp3) is 0.154. The second-order valence-electron chi connectivity index (χ2n) is 3.41. The zero-order chi connectivity index (χ0) is 11.4. The number of anilines is 1. The van der Waals surface area contributed by atoms with Crippen molar-refractivity contribution < 1.29 is 0 Å². The van der Waals surface area contributed by atoms with Crippen LogP contribution in [0.15, 0.2) is 34.9 Å². The number of halogens is 1. The first-order chi connectivity index (χ1) is 7.81. The second-order valence-corrected chi connectivity index (χ2v) is 4.33. The monoisotopic (exact) mass is 274 g/mol. The summed E-state index contributed by atoms with van der Waals surface area (Å²) in [5.74, 6) is 2.60. The van der Waals surface area contributed by atoms with E-state index in [-0.39, 0.29) is 0 Å². The van der Waals surface area contributed by atoms with Gasteiger partial charge in [0.05, 0.1) is 11.2 Å². The molecule has 0 amide bonds. The van der Waals surface area contributed by atoms with E-state index in [1.807, 2.05) is 18.2 Å². The number of benzene rings is 1. The molecule has 3 heteroatoms. The second kappa shape index (κ2) is 5.00. The molecule has 0 aliphatic carbocycles. The van der Waals surface area contributed by atoms with Crippen LogP contribution in [0.25, 0.3) is 10.9 Å². The van der Waals surface area contributed by atoms with Crippen LogP contribution in [-0.2, 0) is 0 Å². The van der Waals surface area contributed by atoms with Gasteiger partial charge in [-0.1, -0.05) is 12.1 Å². The molecule has 0 saturated carbocycles. The quantitative estimate of drug-likeness (QED) is 0.685. The molecule has 0 spiro atoms. The van der Waals surface area contributed by atoms with E-state index in [4.69, 9.17) is 6.42 Å². The standard InChI is InChI=1S/C13H11BrN2/c1-2-3-7-15-12-6-4-5-10-8-11(14)9-16-13(10)12/h1,4-6,8-9,15H,3,7H2. The van der Waals surface area contributed by atoms with E-state index < -0.39 is 0 Å². The molecule has 1 aromatic carbocycles. The zero-order valence-corrected chi connectivity index (χ0v) is 10.3. The number of terminal acetylenes is 1. The summed E-state index contributed by atoms with van der Waals surface area (Å²) < 4.78 is 0.987. The van der Waals surface area contributed by atoms with Crippen LogP contribution < -0.4 is 5.32 Å². The van der Waals surface area contributed by atoms with Gasteiger partial charge in [0.2, 0.25) is 0 Å². The van der Waals surface area contributed by atoms with E-state index in [9.17, 15) is 0 Å². The number of hydrogen-bond donors (Lipinski definition) is 1. The summed E-state index contributed by atoms with van der Waals surface area (Å²) in [6, 6.07) is 8.11. The number of rotatable bonds is 3. The Morgan fingerprint density at radius 3 is 3.12 bits per heavy atom. The minimum Gasteiger partial charge on any atom is -0.382 e. The highest BCUT2D eigenvalue weighted by molar-refractivity contribution is 9.10. The maximum absolute atomic E-state index is 5.21. The van der Waals surface area contributed by atoms with Crippen molar-refractivity contribution in [2.75, 3.05) is 11.9 Å². The van der Waals surface area contributed by atoms with Gasteiger partial charge in [0.15, 0.2) is 0 Å². The SMILES string of the molecule is C#CCCNc1cccc2cc(Br)cnc12. The minimum absolute atomic E-state index is 0.715. The highest BCUT2D eigenvalue weighted by atomic mass is 79.9.